The molecule has 0 unspecified atom stereocenters. The lowest BCUT2D eigenvalue weighted by Gasteiger charge is -2.54. The first-order chi connectivity index (χ1) is 14.9. The molecule has 2 saturated carbocycles. The second kappa shape index (κ2) is 6.73. The average Bonchev–Trinajstić information content (AvgIpc) is 3.12. The maximum atomic E-state index is 13.6. The van der Waals surface area contributed by atoms with Crippen LogP contribution < -0.4 is 0 Å². The molecule has 4 aliphatic carbocycles. The number of esters is 1. The molecule has 1 aliphatic heterocycles. The Labute approximate surface area is 189 Å². The lowest BCUT2D eigenvalue weighted by atomic mass is 9.51. The van der Waals surface area contributed by atoms with Crippen molar-refractivity contribution >= 4 is 17.5 Å². The SMILES string of the molecule is CC(=O)OCC(=O)[C@]12OC(C)(C)O[C@@H]1C[C@@H]1[C@@H]3CCC4=CC(=O)C=C[C@]4(C)C3=CC[C@]12C. The number of carbonyl (C=O) groups is 3. The molecule has 1 heterocycles. The van der Waals surface area contributed by atoms with Crippen molar-refractivity contribution in [2.24, 2.45) is 22.7 Å². The summed E-state index contributed by atoms with van der Waals surface area (Å²) in [6.07, 6.45) is 10.7. The molecule has 1 saturated heterocycles. The zero-order chi connectivity index (χ0) is 23.1. The summed E-state index contributed by atoms with van der Waals surface area (Å²) in [6, 6.07) is 0. The number of Topliss-reactive ketones (excluding diaryl/α,β-unsaturated/α-hetero) is 1. The summed E-state index contributed by atoms with van der Waals surface area (Å²) in [6.45, 7) is 9.05. The first-order valence-corrected chi connectivity index (χ1v) is 11.6. The van der Waals surface area contributed by atoms with Gasteiger partial charge < -0.3 is 14.2 Å². The van der Waals surface area contributed by atoms with E-state index in [-0.39, 0.29) is 41.5 Å². The van der Waals surface area contributed by atoms with E-state index in [4.69, 9.17) is 14.2 Å². The van der Waals surface area contributed by atoms with E-state index in [1.807, 2.05) is 13.8 Å². The van der Waals surface area contributed by atoms with Crippen LogP contribution in [0.1, 0.15) is 60.3 Å². The van der Waals surface area contributed by atoms with Crippen LogP contribution in [0.15, 0.2) is 35.5 Å². The minimum absolute atomic E-state index is 0.0617. The topological polar surface area (TPSA) is 78.9 Å². The van der Waals surface area contributed by atoms with Gasteiger partial charge in [0.2, 0.25) is 5.78 Å². The Bertz CT molecular complexity index is 1000. The van der Waals surface area contributed by atoms with Crippen molar-refractivity contribution in [2.45, 2.75) is 77.8 Å². The Hall–Kier alpha value is -2.05. The van der Waals surface area contributed by atoms with Gasteiger partial charge in [0.25, 0.3) is 0 Å². The Morgan fingerprint density at radius 1 is 1.22 bits per heavy atom. The summed E-state index contributed by atoms with van der Waals surface area (Å²) in [4.78, 5) is 37.0. The number of hydrogen-bond donors (Lipinski definition) is 0. The molecule has 0 radical (unpaired) electrons. The van der Waals surface area contributed by atoms with E-state index in [9.17, 15) is 14.4 Å². The van der Waals surface area contributed by atoms with Gasteiger partial charge >= 0.3 is 5.97 Å². The smallest absolute Gasteiger partial charge is 0.303 e. The molecule has 6 nitrogen and oxygen atoms in total. The minimum Gasteiger partial charge on any atom is -0.458 e. The fourth-order valence-electron chi connectivity index (χ4n) is 7.40. The van der Waals surface area contributed by atoms with Gasteiger partial charge in [-0.3, -0.25) is 14.4 Å². The third-order valence-corrected chi connectivity index (χ3v) is 8.76. The molecule has 32 heavy (non-hydrogen) atoms. The molecule has 0 spiro atoms. The highest BCUT2D eigenvalue weighted by atomic mass is 16.8. The van der Waals surface area contributed by atoms with Crippen molar-refractivity contribution in [3.05, 3.63) is 35.5 Å². The lowest BCUT2D eigenvalue weighted by Crippen LogP contribution is -2.59. The van der Waals surface area contributed by atoms with Crippen LogP contribution in [0, 0.1) is 22.7 Å². The summed E-state index contributed by atoms with van der Waals surface area (Å²) >= 11 is 0. The molecule has 6 atom stereocenters. The number of allylic oxidation sites excluding steroid dienone is 6. The van der Waals surface area contributed by atoms with E-state index in [2.05, 4.69) is 26.0 Å². The highest BCUT2D eigenvalue weighted by Crippen LogP contribution is 2.68. The summed E-state index contributed by atoms with van der Waals surface area (Å²) in [5, 5.41) is 0. The second-order valence-corrected chi connectivity index (χ2v) is 10.9. The summed E-state index contributed by atoms with van der Waals surface area (Å²) in [5.41, 5.74) is 0.675. The number of hydrogen-bond acceptors (Lipinski definition) is 6. The quantitative estimate of drug-likeness (QED) is 0.490. The van der Waals surface area contributed by atoms with Crippen molar-refractivity contribution < 1.29 is 28.6 Å². The molecule has 6 heteroatoms. The van der Waals surface area contributed by atoms with Gasteiger partial charge in [-0.15, -0.1) is 0 Å². The van der Waals surface area contributed by atoms with Crippen LogP contribution in [0.25, 0.3) is 0 Å². The Morgan fingerprint density at radius 2 is 1.97 bits per heavy atom. The first kappa shape index (κ1) is 21.8. The van der Waals surface area contributed by atoms with E-state index in [0.717, 1.165) is 19.3 Å². The Morgan fingerprint density at radius 3 is 2.69 bits per heavy atom. The predicted octanol–water partition coefficient (Wildman–Crippen LogP) is 3.85. The maximum Gasteiger partial charge on any atom is 0.303 e. The van der Waals surface area contributed by atoms with Gasteiger partial charge in [0, 0.05) is 17.8 Å². The highest BCUT2D eigenvalue weighted by Gasteiger charge is 2.74. The molecule has 172 valence electrons. The first-order valence-electron chi connectivity index (χ1n) is 11.6. The number of ether oxygens (including phenoxy) is 3. The Balaban J connectivity index is 1.57. The van der Waals surface area contributed by atoms with Crippen LogP contribution >= 0.6 is 0 Å². The van der Waals surface area contributed by atoms with E-state index in [1.165, 1.54) is 18.1 Å². The maximum absolute atomic E-state index is 13.6. The van der Waals surface area contributed by atoms with E-state index < -0.39 is 22.8 Å². The fourth-order valence-corrected chi connectivity index (χ4v) is 7.40. The second-order valence-electron chi connectivity index (χ2n) is 10.9. The van der Waals surface area contributed by atoms with Gasteiger partial charge in [-0.25, -0.2) is 0 Å². The van der Waals surface area contributed by atoms with E-state index in [1.54, 1.807) is 12.2 Å². The molecule has 0 N–H and O–H groups in total. The van der Waals surface area contributed by atoms with Gasteiger partial charge in [0.1, 0.15) is 0 Å². The minimum atomic E-state index is -1.14. The highest BCUT2D eigenvalue weighted by molar-refractivity contribution is 6.01. The Kier molecular flexibility index (Phi) is 4.58. The molecule has 5 aliphatic rings. The van der Waals surface area contributed by atoms with E-state index >= 15 is 0 Å². The van der Waals surface area contributed by atoms with Crippen molar-refractivity contribution in [2.75, 3.05) is 6.61 Å². The summed E-state index contributed by atoms with van der Waals surface area (Å²) in [7, 11) is 0. The van der Waals surface area contributed by atoms with Crippen molar-refractivity contribution in [3.8, 4) is 0 Å². The van der Waals surface area contributed by atoms with Crippen LogP contribution in [-0.2, 0) is 28.6 Å². The average molecular weight is 441 g/mol. The molecule has 0 bridgehead atoms. The van der Waals surface area contributed by atoms with Gasteiger partial charge in [-0.1, -0.05) is 30.2 Å². The van der Waals surface area contributed by atoms with Gasteiger partial charge in [0.15, 0.2) is 23.8 Å². The zero-order valence-electron chi connectivity index (χ0n) is 19.5. The van der Waals surface area contributed by atoms with Gasteiger partial charge in [0.05, 0.1) is 6.10 Å². The largest absolute Gasteiger partial charge is 0.458 e. The molecular weight excluding hydrogens is 408 g/mol. The van der Waals surface area contributed by atoms with Crippen LogP contribution in [0.3, 0.4) is 0 Å². The zero-order valence-corrected chi connectivity index (χ0v) is 19.5. The molecule has 5 rings (SSSR count). The molecule has 0 amide bonds. The number of carbonyl (C=O) groups excluding carboxylic acids is 3. The molecule has 3 fully saturated rings. The molecule has 0 aromatic rings. The predicted molar refractivity (Wildman–Crippen MR) is 116 cm³/mol. The van der Waals surface area contributed by atoms with Crippen LogP contribution in [-0.4, -0.2) is 41.6 Å². The monoisotopic (exact) mass is 440 g/mol. The molecule has 0 aromatic heterocycles. The third kappa shape index (κ3) is 2.75. The van der Waals surface area contributed by atoms with Crippen LogP contribution in [0.4, 0.5) is 0 Å². The molecule has 0 aromatic carbocycles. The normalized spacial score (nSPS) is 43.4. The third-order valence-electron chi connectivity index (χ3n) is 8.76. The van der Waals surface area contributed by atoms with Gasteiger partial charge in [-0.05, 0) is 70.4 Å². The summed E-state index contributed by atoms with van der Waals surface area (Å²) in [5.74, 6) is -1.02. The van der Waals surface area contributed by atoms with E-state index in [0.29, 0.717) is 6.42 Å². The van der Waals surface area contributed by atoms with Crippen LogP contribution in [0.5, 0.6) is 0 Å². The van der Waals surface area contributed by atoms with Crippen molar-refractivity contribution in [1.82, 2.24) is 0 Å². The molecular formula is C26H32O6. The van der Waals surface area contributed by atoms with Crippen molar-refractivity contribution in [1.29, 1.82) is 0 Å². The number of fused-ring (bicyclic) bond motifs is 7. The standard InChI is InChI=1S/C26H32O6/c1-15(27)30-14-21(29)26-22(31-23(2,3)32-26)13-20-18-7-6-16-12-17(28)8-10-24(16,4)19(18)9-11-25(20,26)5/h8-10,12,18,20,22H,6-7,11,13-14H2,1-5H3/t18-,20-,22-,24+,25-,26+/m1/s1. The van der Waals surface area contributed by atoms with Gasteiger partial charge in [-0.2, -0.15) is 0 Å². The van der Waals surface area contributed by atoms with Crippen LogP contribution in [0.2, 0.25) is 0 Å². The number of rotatable bonds is 3. The number of ketones is 2. The summed E-state index contributed by atoms with van der Waals surface area (Å²) < 4.78 is 17.9. The van der Waals surface area contributed by atoms with Crippen molar-refractivity contribution in [3.63, 3.8) is 0 Å². The lowest BCUT2D eigenvalue weighted by molar-refractivity contribution is -0.206. The fraction of sp³-hybridized carbons (Fsp3) is 0.654.